The number of halogens is 3. The largest absolute Gasteiger partial charge is 0.490 e. The van der Waals surface area contributed by atoms with E-state index in [9.17, 15) is 18.0 Å². The third kappa shape index (κ3) is 6.47. The van der Waals surface area contributed by atoms with Crippen molar-refractivity contribution in [1.29, 1.82) is 0 Å². The molecule has 9 nitrogen and oxygen atoms in total. The fraction of sp³-hybridized carbons (Fsp3) is 0.421. The molecule has 0 saturated heterocycles. The van der Waals surface area contributed by atoms with Crippen LogP contribution < -0.4 is 5.56 Å². The van der Waals surface area contributed by atoms with Crippen LogP contribution in [0.15, 0.2) is 35.6 Å². The molecule has 0 saturated carbocycles. The van der Waals surface area contributed by atoms with Gasteiger partial charge >= 0.3 is 12.1 Å². The lowest BCUT2D eigenvalue weighted by Gasteiger charge is -2.18. The first-order chi connectivity index (χ1) is 15.1. The van der Waals surface area contributed by atoms with E-state index in [1.165, 1.54) is 16.1 Å². The molecule has 0 atom stereocenters. The number of alkyl halides is 3. The molecule has 172 valence electrons. The van der Waals surface area contributed by atoms with Gasteiger partial charge in [0, 0.05) is 35.5 Å². The van der Waals surface area contributed by atoms with Crippen LogP contribution in [0.2, 0.25) is 0 Å². The first kappa shape index (κ1) is 23.6. The number of rotatable bonds is 4. The van der Waals surface area contributed by atoms with Gasteiger partial charge in [-0.2, -0.15) is 18.3 Å². The van der Waals surface area contributed by atoms with Crippen LogP contribution in [-0.4, -0.2) is 53.0 Å². The second-order valence-electron chi connectivity index (χ2n) is 7.13. The van der Waals surface area contributed by atoms with Gasteiger partial charge in [0.15, 0.2) is 0 Å². The average Bonchev–Trinajstić information content (AvgIpc) is 3.30. The monoisotopic (exact) mass is 470 g/mol. The molecule has 0 unspecified atom stereocenters. The summed E-state index contributed by atoms with van der Waals surface area (Å²) in [7, 11) is 0. The van der Waals surface area contributed by atoms with Crippen molar-refractivity contribution in [2.45, 2.75) is 45.7 Å². The van der Waals surface area contributed by atoms with E-state index in [4.69, 9.17) is 14.9 Å². The van der Waals surface area contributed by atoms with E-state index in [0.29, 0.717) is 13.1 Å². The molecule has 1 aliphatic rings. The number of aromatic nitrogens is 5. The predicted molar refractivity (Wildman–Crippen MR) is 109 cm³/mol. The predicted octanol–water partition coefficient (Wildman–Crippen LogP) is 2.29. The number of aryl methyl sites for hydroxylation is 1. The zero-order valence-corrected chi connectivity index (χ0v) is 17.9. The lowest BCUT2D eigenvalue weighted by molar-refractivity contribution is -0.192. The van der Waals surface area contributed by atoms with E-state index in [2.05, 4.69) is 34.0 Å². The van der Waals surface area contributed by atoms with E-state index < -0.39 is 12.1 Å². The quantitative estimate of drug-likeness (QED) is 0.624. The number of nitrogens with zero attached hydrogens (tertiary/aromatic N) is 6. The number of thiophene rings is 1. The topological polar surface area (TPSA) is 106 Å². The molecule has 1 aliphatic heterocycles. The van der Waals surface area contributed by atoms with Gasteiger partial charge in [-0.15, -0.1) is 11.3 Å². The Kier molecular flexibility index (Phi) is 7.40. The van der Waals surface area contributed by atoms with E-state index in [-0.39, 0.29) is 5.56 Å². The molecule has 32 heavy (non-hydrogen) atoms. The number of fused-ring (bicyclic) bond motifs is 1. The van der Waals surface area contributed by atoms with Crippen LogP contribution in [0, 0.1) is 6.92 Å². The molecule has 0 radical (unpaired) electrons. The van der Waals surface area contributed by atoms with E-state index in [1.807, 2.05) is 15.9 Å². The van der Waals surface area contributed by atoms with Crippen LogP contribution >= 0.6 is 11.3 Å². The molecular formula is C19H21F3N6O3S. The SMILES string of the molecule is Cc1ccc(CN2CCCn3c(nc(Cn4cncn4)cc3=O)C2)s1.O=C(O)C(F)(F)F. The summed E-state index contributed by atoms with van der Waals surface area (Å²) in [5, 5.41) is 11.2. The van der Waals surface area contributed by atoms with E-state index in [0.717, 1.165) is 37.6 Å². The summed E-state index contributed by atoms with van der Waals surface area (Å²) < 4.78 is 35.2. The van der Waals surface area contributed by atoms with Crippen molar-refractivity contribution >= 4 is 17.3 Å². The lowest BCUT2D eigenvalue weighted by atomic mass is 10.3. The zero-order valence-electron chi connectivity index (χ0n) is 17.1. The van der Waals surface area contributed by atoms with Crippen LogP contribution in [0.1, 0.15) is 27.7 Å². The Morgan fingerprint density at radius 2 is 2.00 bits per heavy atom. The normalized spacial score (nSPS) is 14.2. The van der Waals surface area contributed by atoms with Crippen molar-refractivity contribution in [3.8, 4) is 0 Å². The number of carboxylic acid groups (broad SMARTS) is 1. The number of hydrogen-bond donors (Lipinski definition) is 1. The van der Waals surface area contributed by atoms with Gasteiger partial charge in [-0.25, -0.2) is 19.4 Å². The Hall–Kier alpha value is -3.06. The van der Waals surface area contributed by atoms with Gasteiger partial charge in [0.25, 0.3) is 5.56 Å². The van der Waals surface area contributed by atoms with Crippen LogP contribution in [-0.2, 0) is 31.0 Å². The third-order valence-electron chi connectivity index (χ3n) is 4.57. The van der Waals surface area contributed by atoms with Gasteiger partial charge in [0.2, 0.25) is 0 Å². The molecule has 1 N–H and O–H groups in total. The summed E-state index contributed by atoms with van der Waals surface area (Å²) in [6.45, 7) is 5.89. The van der Waals surface area contributed by atoms with E-state index in [1.54, 1.807) is 17.1 Å². The Labute approximate surface area is 184 Å². The highest BCUT2D eigenvalue weighted by Gasteiger charge is 2.38. The minimum absolute atomic E-state index is 0.0222. The van der Waals surface area contributed by atoms with Gasteiger partial charge in [-0.1, -0.05) is 0 Å². The molecule has 0 aliphatic carbocycles. The second kappa shape index (κ2) is 10.0. The first-order valence-corrected chi connectivity index (χ1v) is 10.4. The second-order valence-corrected chi connectivity index (χ2v) is 8.50. The maximum atomic E-state index is 12.5. The molecule has 0 aromatic carbocycles. The van der Waals surface area contributed by atoms with Crippen molar-refractivity contribution < 1.29 is 23.1 Å². The lowest BCUT2D eigenvalue weighted by Crippen LogP contribution is -2.27. The van der Waals surface area contributed by atoms with Crippen molar-refractivity contribution in [1.82, 2.24) is 29.2 Å². The van der Waals surface area contributed by atoms with Crippen LogP contribution in [0.4, 0.5) is 13.2 Å². The van der Waals surface area contributed by atoms with Gasteiger partial charge in [-0.3, -0.25) is 14.3 Å². The summed E-state index contributed by atoms with van der Waals surface area (Å²) >= 11 is 1.83. The maximum Gasteiger partial charge on any atom is 0.490 e. The smallest absolute Gasteiger partial charge is 0.475 e. The van der Waals surface area contributed by atoms with Gasteiger partial charge in [-0.05, 0) is 25.5 Å². The molecule has 4 heterocycles. The molecule has 3 aromatic rings. The molecule has 3 aromatic heterocycles. The summed E-state index contributed by atoms with van der Waals surface area (Å²) in [4.78, 5) is 35.1. The van der Waals surface area contributed by atoms with Crippen LogP contribution in [0.25, 0.3) is 0 Å². The summed E-state index contributed by atoms with van der Waals surface area (Å²) in [6, 6.07) is 5.96. The molecule has 0 bridgehead atoms. The highest BCUT2D eigenvalue weighted by atomic mass is 32.1. The van der Waals surface area contributed by atoms with Crippen molar-refractivity contribution in [2.75, 3.05) is 6.54 Å². The minimum atomic E-state index is -5.08. The first-order valence-electron chi connectivity index (χ1n) is 9.61. The van der Waals surface area contributed by atoms with Gasteiger partial charge in [0.1, 0.15) is 18.5 Å². The van der Waals surface area contributed by atoms with Gasteiger partial charge < -0.3 is 5.11 Å². The Balaban J connectivity index is 0.000000360. The van der Waals surface area contributed by atoms with Crippen molar-refractivity contribution in [3.05, 3.63) is 62.5 Å². The molecule has 0 fully saturated rings. The third-order valence-corrected chi connectivity index (χ3v) is 5.56. The molecule has 4 rings (SSSR count). The van der Waals surface area contributed by atoms with E-state index >= 15 is 0 Å². The standard InChI is InChI=1S/C17H20N6OS.C2HF3O2/c1-13-3-4-15(25-13)9-21-5-2-6-23-16(10-21)20-14(7-17(23)24)8-22-12-18-11-19-22;3-2(4,5)1(6)7/h3-4,7,11-12H,2,5-6,8-10H2,1H3;(H,6,7). The molecule has 0 amide bonds. The van der Waals surface area contributed by atoms with Crippen LogP contribution in [0.3, 0.4) is 0 Å². The number of carboxylic acids is 1. The number of hydrogen-bond acceptors (Lipinski definition) is 7. The summed E-state index contributed by atoms with van der Waals surface area (Å²) in [5.41, 5.74) is 0.754. The maximum absolute atomic E-state index is 12.5. The minimum Gasteiger partial charge on any atom is -0.475 e. The number of carbonyl (C=O) groups is 1. The van der Waals surface area contributed by atoms with Crippen molar-refractivity contribution in [2.24, 2.45) is 0 Å². The van der Waals surface area contributed by atoms with Crippen molar-refractivity contribution in [3.63, 3.8) is 0 Å². The molecular weight excluding hydrogens is 449 g/mol. The number of aliphatic carboxylic acids is 1. The highest BCUT2D eigenvalue weighted by molar-refractivity contribution is 7.11. The average molecular weight is 470 g/mol. The Morgan fingerprint density at radius 1 is 1.25 bits per heavy atom. The van der Waals surface area contributed by atoms with Crippen LogP contribution in [0.5, 0.6) is 0 Å². The molecule has 0 spiro atoms. The Bertz CT molecular complexity index is 1110. The Morgan fingerprint density at radius 3 is 2.59 bits per heavy atom. The fourth-order valence-electron chi connectivity index (χ4n) is 3.18. The zero-order chi connectivity index (χ0) is 23.3. The summed E-state index contributed by atoms with van der Waals surface area (Å²) in [6.07, 6.45) is -1.00. The fourth-order valence-corrected chi connectivity index (χ4v) is 4.12. The summed E-state index contributed by atoms with van der Waals surface area (Å²) in [5.74, 6) is -1.92. The van der Waals surface area contributed by atoms with Gasteiger partial charge in [0.05, 0.1) is 18.8 Å². The molecule has 13 heteroatoms. The highest BCUT2D eigenvalue weighted by Crippen LogP contribution is 2.19.